The fourth-order valence-corrected chi connectivity index (χ4v) is 2.48. The molecule has 0 saturated carbocycles. The number of alkyl halides is 3. The van der Waals surface area contributed by atoms with Crippen molar-refractivity contribution in [2.45, 2.75) is 19.6 Å². The molecule has 0 radical (unpaired) electrons. The summed E-state index contributed by atoms with van der Waals surface area (Å²) in [6, 6.07) is 17.2. The first-order valence-corrected chi connectivity index (χ1v) is 8.25. The maximum atomic E-state index is 13.9. The van der Waals surface area contributed by atoms with Crippen LogP contribution in [-0.2, 0) is 12.7 Å². The quantitative estimate of drug-likeness (QED) is 0.510. The molecule has 6 heteroatoms. The van der Waals surface area contributed by atoms with Crippen molar-refractivity contribution in [1.29, 1.82) is 0 Å². The lowest BCUT2D eigenvalue weighted by Gasteiger charge is -2.12. The van der Waals surface area contributed by atoms with Gasteiger partial charge in [-0.15, -0.1) is 0 Å². The van der Waals surface area contributed by atoms with Crippen LogP contribution in [-0.4, -0.2) is 0 Å². The lowest BCUT2D eigenvalue weighted by atomic mass is 10.1. The summed E-state index contributed by atoms with van der Waals surface area (Å²) in [6.45, 7) is 2.03. The fourth-order valence-electron chi connectivity index (χ4n) is 2.48. The first-order chi connectivity index (χ1) is 12.8. The van der Waals surface area contributed by atoms with Gasteiger partial charge in [-0.25, -0.2) is 4.39 Å². The highest BCUT2D eigenvalue weighted by Crippen LogP contribution is 2.30. The summed E-state index contributed by atoms with van der Waals surface area (Å²) in [5.74, 6) is 0.382. The molecule has 0 spiro atoms. The Morgan fingerprint density at radius 2 is 1.63 bits per heavy atom. The first-order valence-electron chi connectivity index (χ1n) is 8.25. The minimum atomic E-state index is -4.56. The van der Waals surface area contributed by atoms with E-state index in [1.165, 1.54) is 0 Å². The SMILES string of the molecule is Cc1ccc(Oc2cccc(NCc3ccc(C(F)(F)F)cc3F)c2)cc1. The number of halogens is 4. The molecule has 0 fully saturated rings. The molecule has 3 rings (SSSR count). The van der Waals surface area contributed by atoms with E-state index in [9.17, 15) is 17.6 Å². The van der Waals surface area contributed by atoms with Crippen LogP contribution in [0.1, 0.15) is 16.7 Å². The highest BCUT2D eigenvalue weighted by molar-refractivity contribution is 5.49. The summed E-state index contributed by atoms with van der Waals surface area (Å²) in [5.41, 5.74) is 0.931. The third kappa shape index (κ3) is 5.00. The Labute approximate surface area is 154 Å². The third-order valence-electron chi connectivity index (χ3n) is 3.95. The first kappa shape index (κ1) is 18.8. The van der Waals surface area contributed by atoms with Crippen LogP contribution in [0.4, 0.5) is 23.2 Å². The molecule has 0 unspecified atom stereocenters. The molecule has 0 amide bonds. The van der Waals surface area contributed by atoms with Crippen molar-refractivity contribution >= 4 is 5.69 Å². The van der Waals surface area contributed by atoms with Gasteiger partial charge in [-0.05, 0) is 43.3 Å². The predicted octanol–water partition coefficient (Wildman–Crippen LogP) is 6.56. The molecule has 0 bridgehead atoms. The van der Waals surface area contributed by atoms with Crippen LogP contribution in [0.3, 0.4) is 0 Å². The van der Waals surface area contributed by atoms with E-state index in [-0.39, 0.29) is 12.1 Å². The van der Waals surface area contributed by atoms with Gasteiger partial charge in [0.2, 0.25) is 0 Å². The molecular formula is C21H17F4NO. The van der Waals surface area contributed by atoms with E-state index >= 15 is 0 Å². The molecule has 0 saturated heterocycles. The van der Waals surface area contributed by atoms with Crippen molar-refractivity contribution in [2.75, 3.05) is 5.32 Å². The Bertz CT molecular complexity index is 920. The Morgan fingerprint density at radius 1 is 0.889 bits per heavy atom. The second kappa shape index (κ2) is 7.70. The van der Waals surface area contributed by atoms with Gasteiger partial charge in [0.25, 0.3) is 0 Å². The zero-order valence-electron chi connectivity index (χ0n) is 14.5. The number of hydrogen-bond acceptors (Lipinski definition) is 2. The standard InChI is InChI=1S/C21H17F4NO/c1-14-5-9-18(10-6-14)27-19-4-2-3-17(12-19)26-13-15-7-8-16(11-20(15)22)21(23,24)25/h2-12,26H,13H2,1H3. The monoisotopic (exact) mass is 375 g/mol. The van der Waals surface area contributed by atoms with E-state index in [4.69, 9.17) is 4.74 Å². The van der Waals surface area contributed by atoms with Gasteiger partial charge in [0.1, 0.15) is 17.3 Å². The molecule has 1 N–H and O–H groups in total. The van der Waals surface area contributed by atoms with Crippen LogP contribution in [0.25, 0.3) is 0 Å². The van der Waals surface area contributed by atoms with Crippen molar-refractivity contribution in [3.8, 4) is 11.5 Å². The molecule has 0 aromatic heterocycles. The van der Waals surface area contributed by atoms with Crippen LogP contribution in [0.2, 0.25) is 0 Å². The molecule has 3 aromatic carbocycles. The summed E-state index contributed by atoms with van der Waals surface area (Å²) in [7, 11) is 0. The smallest absolute Gasteiger partial charge is 0.416 e. The van der Waals surface area contributed by atoms with Crippen LogP contribution in [0.5, 0.6) is 11.5 Å². The maximum Gasteiger partial charge on any atom is 0.416 e. The van der Waals surface area contributed by atoms with Crippen molar-refractivity contribution < 1.29 is 22.3 Å². The number of ether oxygens (including phenoxy) is 1. The zero-order chi connectivity index (χ0) is 19.4. The molecule has 0 atom stereocenters. The van der Waals surface area contributed by atoms with Crippen molar-refractivity contribution in [1.82, 2.24) is 0 Å². The molecule has 0 aliphatic rings. The molecular weight excluding hydrogens is 358 g/mol. The summed E-state index contributed by atoms with van der Waals surface area (Å²) < 4.78 is 57.5. The summed E-state index contributed by atoms with van der Waals surface area (Å²) in [5, 5.41) is 2.99. The molecule has 3 aromatic rings. The lowest BCUT2D eigenvalue weighted by molar-refractivity contribution is -0.137. The Hall–Kier alpha value is -3.02. The fraction of sp³-hybridized carbons (Fsp3) is 0.143. The predicted molar refractivity (Wildman–Crippen MR) is 96.4 cm³/mol. The normalized spacial score (nSPS) is 11.3. The number of aryl methyl sites for hydroxylation is 1. The largest absolute Gasteiger partial charge is 0.457 e. The topological polar surface area (TPSA) is 21.3 Å². The van der Waals surface area contributed by atoms with E-state index in [1.54, 1.807) is 24.3 Å². The molecule has 140 valence electrons. The number of benzene rings is 3. The van der Waals surface area contributed by atoms with Crippen molar-refractivity contribution in [2.24, 2.45) is 0 Å². The summed E-state index contributed by atoms with van der Waals surface area (Å²) in [6.07, 6.45) is -4.56. The zero-order valence-corrected chi connectivity index (χ0v) is 14.5. The van der Waals surface area contributed by atoms with Crippen LogP contribution < -0.4 is 10.1 Å². The van der Waals surface area contributed by atoms with Gasteiger partial charge in [0, 0.05) is 23.9 Å². The number of nitrogens with one attached hydrogen (secondary N) is 1. The maximum absolute atomic E-state index is 13.9. The van der Waals surface area contributed by atoms with Gasteiger partial charge < -0.3 is 10.1 Å². The van der Waals surface area contributed by atoms with E-state index in [0.29, 0.717) is 23.3 Å². The molecule has 0 aliphatic heterocycles. The number of anilines is 1. The molecule has 2 nitrogen and oxygen atoms in total. The average Bonchev–Trinajstić information content (AvgIpc) is 2.62. The van der Waals surface area contributed by atoms with Crippen molar-refractivity contribution in [3.05, 3.63) is 89.2 Å². The van der Waals surface area contributed by atoms with E-state index < -0.39 is 17.6 Å². The van der Waals surface area contributed by atoms with Gasteiger partial charge in [-0.2, -0.15) is 13.2 Å². The molecule has 27 heavy (non-hydrogen) atoms. The van der Waals surface area contributed by atoms with Crippen LogP contribution in [0, 0.1) is 12.7 Å². The van der Waals surface area contributed by atoms with E-state index in [0.717, 1.165) is 17.7 Å². The van der Waals surface area contributed by atoms with E-state index in [2.05, 4.69) is 5.32 Å². The van der Waals surface area contributed by atoms with Gasteiger partial charge in [0.05, 0.1) is 5.56 Å². The lowest BCUT2D eigenvalue weighted by Crippen LogP contribution is -2.08. The molecule has 0 aliphatic carbocycles. The number of rotatable bonds is 5. The number of hydrogen-bond donors (Lipinski definition) is 1. The Morgan fingerprint density at radius 3 is 2.30 bits per heavy atom. The minimum absolute atomic E-state index is 0.0535. The third-order valence-corrected chi connectivity index (χ3v) is 3.95. The highest BCUT2D eigenvalue weighted by atomic mass is 19.4. The highest BCUT2D eigenvalue weighted by Gasteiger charge is 2.31. The summed E-state index contributed by atoms with van der Waals surface area (Å²) in [4.78, 5) is 0. The van der Waals surface area contributed by atoms with Gasteiger partial charge in [-0.1, -0.05) is 29.8 Å². The second-order valence-corrected chi connectivity index (χ2v) is 6.10. The van der Waals surface area contributed by atoms with Gasteiger partial charge in [0.15, 0.2) is 0 Å². The Balaban J connectivity index is 1.67. The second-order valence-electron chi connectivity index (χ2n) is 6.10. The Kier molecular flexibility index (Phi) is 5.35. The average molecular weight is 375 g/mol. The van der Waals surface area contributed by atoms with Crippen LogP contribution >= 0.6 is 0 Å². The van der Waals surface area contributed by atoms with Crippen LogP contribution in [0.15, 0.2) is 66.7 Å². The van der Waals surface area contributed by atoms with E-state index in [1.807, 2.05) is 31.2 Å². The molecule has 0 heterocycles. The minimum Gasteiger partial charge on any atom is -0.457 e. The summed E-state index contributed by atoms with van der Waals surface area (Å²) >= 11 is 0. The van der Waals surface area contributed by atoms with Crippen molar-refractivity contribution in [3.63, 3.8) is 0 Å². The van der Waals surface area contributed by atoms with Gasteiger partial charge in [-0.3, -0.25) is 0 Å². The van der Waals surface area contributed by atoms with Gasteiger partial charge >= 0.3 is 6.18 Å².